The Balaban J connectivity index is 2.08. The molecule has 4 heteroatoms. The molecule has 0 saturated heterocycles. The fourth-order valence-corrected chi connectivity index (χ4v) is 3.76. The molecule has 0 N–H and O–H groups in total. The van der Waals surface area contributed by atoms with E-state index < -0.39 is 0 Å². The van der Waals surface area contributed by atoms with E-state index in [1.54, 1.807) is 0 Å². The number of imidazole rings is 1. The van der Waals surface area contributed by atoms with Crippen molar-refractivity contribution in [1.82, 2.24) is 9.38 Å². The van der Waals surface area contributed by atoms with Gasteiger partial charge in [0.05, 0.1) is 11.4 Å². The number of benzene rings is 1. The second-order valence-electron chi connectivity index (χ2n) is 4.27. The molecule has 0 bridgehead atoms. The molecule has 3 heterocycles. The molecule has 2 nitrogen and oxygen atoms in total. The lowest BCUT2D eigenvalue weighted by molar-refractivity contribution is 1.08. The number of thioether (sulfide) groups is 1. The first kappa shape index (κ1) is 10.6. The van der Waals surface area contributed by atoms with Crippen LogP contribution in [0, 0.1) is 0 Å². The zero-order valence-electron chi connectivity index (χ0n) is 9.43. The Bertz CT molecular complexity index is 764. The summed E-state index contributed by atoms with van der Waals surface area (Å²) in [6.07, 6.45) is 2.09. The molecule has 2 aromatic heterocycles. The Labute approximate surface area is 117 Å². The molecule has 0 saturated carbocycles. The van der Waals surface area contributed by atoms with Crippen molar-refractivity contribution in [2.24, 2.45) is 0 Å². The number of halogens is 1. The number of aromatic nitrogens is 2. The lowest BCUT2D eigenvalue weighted by Gasteiger charge is -2.14. The Kier molecular flexibility index (Phi) is 2.29. The fraction of sp³-hybridized carbons (Fsp3) is 0.0714. The van der Waals surface area contributed by atoms with Crippen LogP contribution in [0.15, 0.2) is 52.0 Å². The van der Waals surface area contributed by atoms with Crippen LogP contribution in [0.2, 0.25) is 0 Å². The molecule has 18 heavy (non-hydrogen) atoms. The molecule has 0 fully saturated rings. The summed E-state index contributed by atoms with van der Waals surface area (Å²) >= 11 is 5.40. The van der Waals surface area contributed by atoms with Crippen LogP contribution in [0.1, 0.15) is 5.69 Å². The van der Waals surface area contributed by atoms with Crippen molar-refractivity contribution < 1.29 is 0 Å². The molecule has 0 radical (unpaired) electrons. The van der Waals surface area contributed by atoms with Gasteiger partial charge in [0.1, 0.15) is 5.65 Å². The summed E-state index contributed by atoms with van der Waals surface area (Å²) in [5.74, 6) is 0.976. The molecular weight excluding hydrogens is 308 g/mol. The monoisotopic (exact) mass is 316 g/mol. The highest BCUT2D eigenvalue weighted by Crippen LogP contribution is 2.41. The molecule has 3 aromatic rings. The summed E-state index contributed by atoms with van der Waals surface area (Å²) in [4.78, 5) is 6.09. The normalized spacial score (nSPS) is 13.4. The Hall–Kier alpha value is -1.26. The number of hydrogen-bond donors (Lipinski definition) is 0. The number of rotatable bonds is 0. The molecule has 0 aliphatic carbocycles. The number of pyridine rings is 1. The molecule has 1 aromatic carbocycles. The van der Waals surface area contributed by atoms with Crippen molar-refractivity contribution in [2.45, 2.75) is 10.6 Å². The van der Waals surface area contributed by atoms with Crippen LogP contribution in [0.25, 0.3) is 16.9 Å². The van der Waals surface area contributed by atoms with E-state index in [1.165, 1.54) is 16.2 Å². The van der Waals surface area contributed by atoms with Gasteiger partial charge in [0.25, 0.3) is 0 Å². The van der Waals surface area contributed by atoms with Gasteiger partial charge in [0.15, 0.2) is 0 Å². The highest BCUT2D eigenvalue weighted by atomic mass is 79.9. The summed E-state index contributed by atoms with van der Waals surface area (Å²) in [5, 5.41) is 0. The predicted octanol–water partition coefficient (Wildman–Crippen LogP) is 4.37. The van der Waals surface area contributed by atoms with Gasteiger partial charge in [-0.2, -0.15) is 0 Å². The van der Waals surface area contributed by atoms with Crippen LogP contribution in [-0.2, 0) is 5.75 Å². The van der Waals surface area contributed by atoms with E-state index in [0.29, 0.717) is 0 Å². The van der Waals surface area contributed by atoms with E-state index in [-0.39, 0.29) is 0 Å². The Morgan fingerprint density at radius 3 is 3.00 bits per heavy atom. The largest absolute Gasteiger partial charge is 0.301 e. The van der Waals surface area contributed by atoms with Gasteiger partial charge in [-0.1, -0.05) is 18.2 Å². The minimum atomic E-state index is 0.976. The molecule has 88 valence electrons. The quantitative estimate of drug-likeness (QED) is 0.612. The standard InChI is InChI=1S/C14H9BrN2S/c15-9-5-6-13-16-14-10-3-1-2-4-12(10)18-8-11(14)17(13)7-9/h1-7H,8H2. The van der Waals surface area contributed by atoms with Crippen molar-refractivity contribution in [3.8, 4) is 11.3 Å². The first-order valence-corrected chi connectivity index (χ1v) is 7.49. The van der Waals surface area contributed by atoms with E-state index >= 15 is 0 Å². The van der Waals surface area contributed by atoms with Gasteiger partial charge < -0.3 is 4.40 Å². The average molecular weight is 317 g/mol. The van der Waals surface area contributed by atoms with Gasteiger partial charge >= 0.3 is 0 Å². The fourth-order valence-electron chi connectivity index (χ4n) is 2.36. The van der Waals surface area contributed by atoms with Gasteiger partial charge in [-0.15, -0.1) is 11.8 Å². The van der Waals surface area contributed by atoms with Crippen molar-refractivity contribution in [1.29, 1.82) is 0 Å². The minimum absolute atomic E-state index is 0.976. The van der Waals surface area contributed by atoms with E-state index in [1.807, 2.05) is 17.8 Å². The van der Waals surface area contributed by atoms with Gasteiger partial charge in [-0.25, -0.2) is 4.98 Å². The Morgan fingerprint density at radius 1 is 1.17 bits per heavy atom. The predicted molar refractivity (Wildman–Crippen MR) is 77.9 cm³/mol. The van der Waals surface area contributed by atoms with Crippen molar-refractivity contribution >= 4 is 33.3 Å². The lowest BCUT2D eigenvalue weighted by atomic mass is 10.1. The first-order valence-electron chi connectivity index (χ1n) is 5.71. The molecular formula is C14H9BrN2S. The second-order valence-corrected chi connectivity index (χ2v) is 6.20. The molecule has 0 amide bonds. The smallest absolute Gasteiger partial charge is 0.137 e. The number of nitrogens with zero attached hydrogens (tertiary/aromatic N) is 2. The zero-order valence-corrected chi connectivity index (χ0v) is 11.8. The maximum atomic E-state index is 4.76. The summed E-state index contributed by atoms with van der Waals surface area (Å²) < 4.78 is 3.27. The molecule has 1 aliphatic heterocycles. The number of hydrogen-bond acceptors (Lipinski definition) is 2. The number of fused-ring (bicyclic) bond motifs is 5. The highest BCUT2D eigenvalue weighted by molar-refractivity contribution is 9.10. The van der Waals surface area contributed by atoms with Crippen LogP contribution >= 0.6 is 27.7 Å². The topological polar surface area (TPSA) is 17.3 Å². The van der Waals surface area contributed by atoms with Crippen LogP contribution in [0.5, 0.6) is 0 Å². The van der Waals surface area contributed by atoms with Crippen molar-refractivity contribution in [3.63, 3.8) is 0 Å². The van der Waals surface area contributed by atoms with Crippen molar-refractivity contribution in [3.05, 3.63) is 52.8 Å². The summed E-state index contributed by atoms with van der Waals surface area (Å²) in [7, 11) is 0. The highest BCUT2D eigenvalue weighted by Gasteiger charge is 2.21. The molecule has 0 atom stereocenters. The SMILES string of the molecule is Brc1ccc2nc3c(n2c1)CSc1ccccc1-3. The van der Waals surface area contributed by atoms with Gasteiger partial charge in [-0.3, -0.25) is 0 Å². The zero-order chi connectivity index (χ0) is 12.1. The van der Waals surface area contributed by atoms with Gasteiger partial charge in [-0.05, 0) is 34.1 Å². The van der Waals surface area contributed by atoms with Gasteiger partial charge in [0, 0.05) is 26.9 Å². The molecule has 4 rings (SSSR count). The maximum Gasteiger partial charge on any atom is 0.137 e. The molecule has 0 unspecified atom stereocenters. The van der Waals surface area contributed by atoms with E-state index in [4.69, 9.17) is 4.98 Å². The van der Waals surface area contributed by atoms with Crippen LogP contribution < -0.4 is 0 Å². The third kappa shape index (κ3) is 1.45. The summed E-state index contributed by atoms with van der Waals surface area (Å²) in [6, 6.07) is 12.6. The average Bonchev–Trinajstić information content (AvgIpc) is 2.77. The van der Waals surface area contributed by atoms with Crippen LogP contribution in [0.4, 0.5) is 0 Å². The third-order valence-corrected chi connectivity index (χ3v) is 4.74. The minimum Gasteiger partial charge on any atom is -0.301 e. The maximum absolute atomic E-state index is 4.76. The first-order chi connectivity index (χ1) is 8.83. The van der Waals surface area contributed by atoms with Crippen LogP contribution in [-0.4, -0.2) is 9.38 Å². The van der Waals surface area contributed by atoms with Gasteiger partial charge in [0.2, 0.25) is 0 Å². The molecule has 1 aliphatic rings. The lowest BCUT2D eigenvalue weighted by Crippen LogP contribution is -1.97. The Morgan fingerprint density at radius 2 is 2.06 bits per heavy atom. The second kappa shape index (κ2) is 3.87. The van der Waals surface area contributed by atoms with Crippen LogP contribution in [0.3, 0.4) is 0 Å². The summed E-state index contributed by atoms with van der Waals surface area (Å²) in [6.45, 7) is 0. The van der Waals surface area contributed by atoms with Crippen molar-refractivity contribution in [2.75, 3.05) is 0 Å². The van der Waals surface area contributed by atoms with E-state index in [9.17, 15) is 0 Å². The molecule has 0 spiro atoms. The third-order valence-electron chi connectivity index (χ3n) is 3.19. The van der Waals surface area contributed by atoms with E-state index in [0.717, 1.165) is 21.6 Å². The van der Waals surface area contributed by atoms with E-state index in [2.05, 4.69) is 56.9 Å². The summed E-state index contributed by atoms with van der Waals surface area (Å²) in [5.41, 5.74) is 4.68.